The molecule has 0 radical (unpaired) electrons. The average Bonchev–Trinajstić information content (AvgIpc) is 3.01. The number of benzene rings is 1. The van der Waals surface area contributed by atoms with E-state index in [2.05, 4.69) is 10.3 Å². The fraction of sp³-hybridized carbons (Fsp3) is 0.500. The molecule has 0 unspecified atom stereocenters. The van der Waals surface area contributed by atoms with Crippen molar-refractivity contribution >= 4 is 11.6 Å². The van der Waals surface area contributed by atoms with E-state index in [4.69, 9.17) is 14.6 Å². The maximum Gasteiger partial charge on any atom is 0.254 e. The molecule has 3 N–H and O–H groups in total. The molecule has 0 aliphatic carbocycles. The Kier molecular flexibility index (Phi) is 7.17. The van der Waals surface area contributed by atoms with Gasteiger partial charge in [-0.2, -0.15) is 0 Å². The van der Waals surface area contributed by atoms with Crippen molar-refractivity contribution < 1.29 is 28.9 Å². The number of nitrogens with zero attached hydrogens (tertiary/aromatic N) is 1. The van der Waals surface area contributed by atoms with Gasteiger partial charge in [-0.3, -0.25) is 9.78 Å². The van der Waals surface area contributed by atoms with Crippen LogP contribution in [0.15, 0.2) is 30.5 Å². The van der Waals surface area contributed by atoms with Gasteiger partial charge in [0, 0.05) is 17.0 Å². The van der Waals surface area contributed by atoms with Crippen molar-refractivity contribution in [3.63, 3.8) is 0 Å². The summed E-state index contributed by atoms with van der Waals surface area (Å²) in [5.41, 5.74) is 1.29. The number of carbonyl (C=O) groups excluding carboxylic acids is 1. The predicted octanol–water partition coefficient (Wildman–Crippen LogP) is 3.49. The summed E-state index contributed by atoms with van der Waals surface area (Å²) >= 11 is 0. The standard InChI is InChI=1S/C24H31FN2O5/c1-6-31-21-13(2)17(25)9-8-16(21)20-14(3)24(4,5)32-22(20)23(30)27-15-7-10-18(26-11-15)19(29)12-28/h7-11,14,19-20,22,28-29H,6,12H2,1-5H3,(H,27,30)/t14-,19+,20-,22+/m1/s1. The summed E-state index contributed by atoms with van der Waals surface area (Å²) in [4.78, 5) is 17.3. The van der Waals surface area contributed by atoms with Crippen LogP contribution >= 0.6 is 0 Å². The SMILES string of the molecule is CCOc1c([C@@H]2[C@@H](C(=O)Nc3ccc([C@@H](O)CO)nc3)OC(C)(C)[C@@H]2C)ccc(F)c1C. The van der Waals surface area contributed by atoms with Gasteiger partial charge in [0.2, 0.25) is 0 Å². The first kappa shape index (κ1) is 24.1. The Hall–Kier alpha value is -2.55. The topological polar surface area (TPSA) is 101 Å². The first-order chi connectivity index (χ1) is 15.1. The summed E-state index contributed by atoms with van der Waals surface area (Å²) in [7, 11) is 0. The van der Waals surface area contributed by atoms with Crippen LogP contribution in [0.4, 0.5) is 10.1 Å². The van der Waals surface area contributed by atoms with E-state index >= 15 is 0 Å². The van der Waals surface area contributed by atoms with E-state index in [0.29, 0.717) is 29.3 Å². The Bertz CT molecular complexity index is 964. The number of ether oxygens (including phenoxy) is 2. The normalized spacial score (nSPS) is 23.1. The zero-order chi connectivity index (χ0) is 23.6. The Morgan fingerprint density at radius 1 is 1.34 bits per heavy atom. The summed E-state index contributed by atoms with van der Waals surface area (Å²) in [5.74, 6) is -0.668. The molecule has 1 aromatic heterocycles. The van der Waals surface area contributed by atoms with Gasteiger partial charge in [0.1, 0.15) is 23.8 Å². The molecule has 1 amide bonds. The zero-order valence-electron chi connectivity index (χ0n) is 19.1. The van der Waals surface area contributed by atoms with Crippen molar-refractivity contribution in [1.29, 1.82) is 0 Å². The third kappa shape index (κ3) is 4.62. The molecule has 4 atom stereocenters. The van der Waals surface area contributed by atoms with E-state index in [0.717, 1.165) is 5.56 Å². The van der Waals surface area contributed by atoms with Gasteiger partial charge in [-0.25, -0.2) is 4.39 Å². The highest BCUT2D eigenvalue weighted by molar-refractivity contribution is 5.95. The van der Waals surface area contributed by atoms with Crippen LogP contribution in [0.5, 0.6) is 5.75 Å². The van der Waals surface area contributed by atoms with Gasteiger partial charge in [-0.1, -0.05) is 13.0 Å². The van der Waals surface area contributed by atoms with E-state index in [-0.39, 0.29) is 23.6 Å². The van der Waals surface area contributed by atoms with E-state index in [1.807, 2.05) is 27.7 Å². The monoisotopic (exact) mass is 446 g/mol. The number of anilines is 1. The molecule has 8 heteroatoms. The minimum atomic E-state index is -1.08. The Morgan fingerprint density at radius 2 is 2.06 bits per heavy atom. The van der Waals surface area contributed by atoms with E-state index < -0.39 is 24.4 Å². The second-order valence-electron chi connectivity index (χ2n) is 8.64. The smallest absolute Gasteiger partial charge is 0.254 e. The molecule has 2 heterocycles. The van der Waals surface area contributed by atoms with Gasteiger partial charge in [0.05, 0.1) is 36.4 Å². The van der Waals surface area contributed by atoms with Crippen molar-refractivity contribution in [2.45, 2.75) is 58.3 Å². The number of nitrogens with one attached hydrogen (secondary N) is 1. The molecule has 1 aromatic carbocycles. The third-order valence-corrected chi connectivity index (χ3v) is 6.24. The lowest BCUT2D eigenvalue weighted by atomic mass is 9.77. The number of hydrogen-bond acceptors (Lipinski definition) is 6. The van der Waals surface area contributed by atoms with Crippen LogP contribution in [0, 0.1) is 18.7 Å². The van der Waals surface area contributed by atoms with E-state index in [1.165, 1.54) is 18.3 Å². The van der Waals surface area contributed by atoms with Crippen LogP contribution in [-0.4, -0.2) is 46.0 Å². The van der Waals surface area contributed by atoms with Gasteiger partial charge in [0.15, 0.2) is 0 Å². The zero-order valence-corrected chi connectivity index (χ0v) is 19.1. The Balaban J connectivity index is 1.93. The lowest BCUT2D eigenvalue weighted by molar-refractivity contribution is -0.131. The first-order valence-corrected chi connectivity index (χ1v) is 10.8. The molecule has 3 rings (SSSR count). The molecule has 1 aliphatic rings. The number of aromatic nitrogens is 1. The molecule has 1 saturated heterocycles. The average molecular weight is 447 g/mol. The Labute approximate surface area is 187 Å². The van der Waals surface area contributed by atoms with Gasteiger partial charge < -0.3 is 25.0 Å². The van der Waals surface area contributed by atoms with E-state index in [1.54, 1.807) is 19.1 Å². The number of carbonyl (C=O) groups is 1. The number of aliphatic hydroxyl groups is 2. The molecule has 32 heavy (non-hydrogen) atoms. The molecular weight excluding hydrogens is 415 g/mol. The Morgan fingerprint density at radius 3 is 2.66 bits per heavy atom. The van der Waals surface area contributed by atoms with Crippen molar-refractivity contribution in [2.24, 2.45) is 5.92 Å². The van der Waals surface area contributed by atoms with Crippen LogP contribution in [-0.2, 0) is 9.53 Å². The number of halogens is 1. The maximum absolute atomic E-state index is 14.2. The number of rotatable bonds is 7. The van der Waals surface area contributed by atoms with Crippen LogP contribution in [0.3, 0.4) is 0 Å². The van der Waals surface area contributed by atoms with Gasteiger partial charge in [-0.05, 0) is 51.8 Å². The lowest BCUT2D eigenvalue weighted by Crippen LogP contribution is -2.33. The number of hydrogen-bond donors (Lipinski definition) is 3. The molecule has 1 fully saturated rings. The van der Waals surface area contributed by atoms with Crippen LogP contribution in [0.1, 0.15) is 56.5 Å². The fourth-order valence-corrected chi connectivity index (χ4v) is 4.12. The molecule has 0 bridgehead atoms. The molecule has 2 aromatic rings. The van der Waals surface area contributed by atoms with Gasteiger partial charge in [0.25, 0.3) is 5.91 Å². The van der Waals surface area contributed by atoms with Gasteiger partial charge in [-0.15, -0.1) is 0 Å². The molecule has 7 nitrogen and oxygen atoms in total. The van der Waals surface area contributed by atoms with Crippen LogP contribution < -0.4 is 10.1 Å². The first-order valence-electron chi connectivity index (χ1n) is 10.8. The largest absolute Gasteiger partial charge is 0.493 e. The number of aliphatic hydroxyl groups excluding tert-OH is 2. The molecule has 1 aliphatic heterocycles. The summed E-state index contributed by atoms with van der Waals surface area (Å²) in [6, 6.07) is 6.21. The minimum absolute atomic E-state index is 0.0532. The van der Waals surface area contributed by atoms with Crippen LogP contribution in [0.25, 0.3) is 0 Å². The van der Waals surface area contributed by atoms with Crippen molar-refractivity contribution in [2.75, 3.05) is 18.5 Å². The second kappa shape index (κ2) is 9.52. The predicted molar refractivity (Wildman–Crippen MR) is 118 cm³/mol. The highest BCUT2D eigenvalue weighted by Crippen LogP contribution is 2.49. The highest BCUT2D eigenvalue weighted by atomic mass is 19.1. The molecule has 0 saturated carbocycles. The third-order valence-electron chi connectivity index (χ3n) is 6.24. The molecular formula is C24H31FN2O5. The quantitative estimate of drug-likeness (QED) is 0.602. The van der Waals surface area contributed by atoms with E-state index in [9.17, 15) is 14.3 Å². The number of pyridine rings is 1. The summed E-state index contributed by atoms with van der Waals surface area (Å²) in [5, 5.41) is 21.5. The van der Waals surface area contributed by atoms with Crippen LogP contribution in [0.2, 0.25) is 0 Å². The summed E-state index contributed by atoms with van der Waals surface area (Å²) < 4.78 is 26.2. The van der Waals surface area contributed by atoms with Gasteiger partial charge >= 0.3 is 0 Å². The van der Waals surface area contributed by atoms with Crippen molar-refractivity contribution in [3.8, 4) is 5.75 Å². The molecule has 0 spiro atoms. The maximum atomic E-state index is 14.2. The second-order valence-corrected chi connectivity index (χ2v) is 8.64. The summed E-state index contributed by atoms with van der Waals surface area (Å²) in [6.45, 7) is 9.31. The fourth-order valence-electron chi connectivity index (χ4n) is 4.12. The highest BCUT2D eigenvalue weighted by Gasteiger charge is 2.51. The lowest BCUT2D eigenvalue weighted by Gasteiger charge is -2.26. The summed E-state index contributed by atoms with van der Waals surface area (Å²) in [6.07, 6.45) is -0.493. The van der Waals surface area contributed by atoms with Crippen molar-refractivity contribution in [1.82, 2.24) is 4.98 Å². The molecule has 174 valence electrons. The number of amides is 1. The minimum Gasteiger partial charge on any atom is -0.493 e. The van der Waals surface area contributed by atoms with Crippen molar-refractivity contribution in [3.05, 3.63) is 53.1 Å².